The van der Waals surface area contributed by atoms with Crippen molar-refractivity contribution in [2.24, 2.45) is 0 Å². The van der Waals surface area contributed by atoms with E-state index >= 15 is 0 Å². The minimum Gasteiger partial charge on any atom is -0.370 e. The molecule has 1 fully saturated rings. The third kappa shape index (κ3) is 2.72. The smallest absolute Gasteiger partial charge is 0.242 e. The number of hydrogen-bond acceptors (Lipinski definition) is 4. The molecular formula is C13H20N4O. The summed E-state index contributed by atoms with van der Waals surface area (Å²) in [6.45, 7) is 6.49. The van der Waals surface area contributed by atoms with E-state index in [1.807, 2.05) is 19.1 Å². The number of carbonyl (C=O) groups excluding carboxylic acids is 1. The van der Waals surface area contributed by atoms with Crippen LogP contribution in [0.4, 0.5) is 11.5 Å². The summed E-state index contributed by atoms with van der Waals surface area (Å²) in [7, 11) is 0. The summed E-state index contributed by atoms with van der Waals surface area (Å²) in [6.07, 6.45) is 2.85. The van der Waals surface area contributed by atoms with Crippen molar-refractivity contribution in [1.82, 2.24) is 10.3 Å². The Bertz CT molecular complexity index is 421. The number of hydrogen-bond donors (Lipinski definition) is 2. The maximum Gasteiger partial charge on any atom is 0.242 e. The lowest BCUT2D eigenvalue weighted by Crippen LogP contribution is -2.54. The average molecular weight is 248 g/mol. The molecule has 0 bridgehead atoms. The molecule has 1 aliphatic heterocycles. The molecule has 2 heterocycles. The first-order valence-corrected chi connectivity index (χ1v) is 6.46. The van der Waals surface area contributed by atoms with Crippen molar-refractivity contribution in [1.29, 1.82) is 0 Å². The molecule has 1 aromatic rings. The van der Waals surface area contributed by atoms with Crippen LogP contribution >= 0.6 is 0 Å². The highest BCUT2D eigenvalue weighted by Gasteiger charge is 2.25. The predicted octanol–water partition coefficient (Wildman–Crippen LogP) is 1.23. The molecule has 2 N–H and O–H groups in total. The van der Waals surface area contributed by atoms with E-state index < -0.39 is 0 Å². The summed E-state index contributed by atoms with van der Waals surface area (Å²) in [5.41, 5.74) is 1.05. The second-order valence-corrected chi connectivity index (χ2v) is 4.49. The lowest BCUT2D eigenvalue weighted by Gasteiger charge is -2.34. The minimum atomic E-state index is -0.125. The van der Waals surface area contributed by atoms with E-state index in [-0.39, 0.29) is 11.9 Å². The molecule has 1 unspecified atom stereocenters. The van der Waals surface area contributed by atoms with Crippen LogP contribution in [-0.2, 0) is 4.79 Å². The quantitative estimate of drug-likeness (QED) is 0.841. The van der Waals surface area contributed by atoms with Crippen LogP contribution in [-0.4, -0.2) is 36.6 Å². The second kappa shape index (κ2) is 5.71. The van der Waals surface area contributed by atoms with Crippen LogP contribution in [0.1, 0.15) is 20.3 Å². The van der Waals surface area contributed by atoms with E-state index in [1.54, 1.807) is 6.20 Å². The van der Waals surface area contributed by atoms with Crippen LogP contribution < -0.4 is 15.5 Å². The summed E-state index contributed by atoms with van der Waals surface area (Å²) in [4.78, 5) is 18.0. The summed E-state index contributed by atoms with van der Waals surface area (Å²) < 4.78 is 0. The fraction of sp³-hybridized carbons (Fsp3) is 0.538. The van der Waals surface area contributed by atoms with E-state index in [0.717, 1.165) is 31.0 Å². The maximum atomic E-state index is 11.7. The zero-order valence-corrected chi connectivity index (χ0v) is 10.9. The monoisotopic (exact) mass is 248 g/mol. The molecule has 1 amide bonds. The Hall–Kier alpha value is -1.78. The average Bonchev–Trinajstić information content (AvgIpc) is 2.40. The van der Waals surface area contributed by atoms with E-state index in [1.165, 1.54) is 0 Å². The molecule has 2 rings (SSSR count). The van der Waals surface area contributed by atoms with Gasteiger partial charge < -0.3 is 15.5 Å². The summed E-state index contributed by atoms with van der Waals surface area (Å²) in [5.74, 6) is 0.952. The van der Waals surface area contributed by atoms with Gasteiger partial charge in [0.1, 0.15) is 11.9 Å². The van der Waals surface area contributed by atoms with Crippen molar-refractivity contribution in [2.45, 2.75) is 26.3 Å². The van der Waals surface area contributed by atoms with Crippen molar-refractivity contribution >= 4 is 17.4 Å². The molecule has 5 nitrogen and oxygen atoms in total. The van der Waals surface area contributed by atoms with Gasteiger partial charge in [-0.15, -0.1) is 0 Å². The number of anilines is 2. The largest absolute Gasteiger partial charge is 0.370 e. The standard InChI is InChI=1S/C13H20N4O/c1-3-5-14-12-9-11(4-6-15-12)17-8-7-16-13(18)10(17)2/h4,6,9-10H,3,5,7-8H2,1-2H3,(H,14,15)(H,16,18). The van der Waals surface area contributed by atoms with E-state index in [0.29, 0.717) is 6.54 Å². The molecule has 0 saturated carbocycles. The van der Waals surface area contributed by atoms with Gasteiger partial charge in [-0.1, -0.05) is 6.92 Å². The lowest BCUT2D eigenvalue weighted by molar-refractivity contribution is -0.122. The molecule has 1 aliphatic rings. The first-order chi connectivity index (χ1) is 8.72. The molecule has 98 valence electrons. The first-order valence-electron chi connectivity index (χ1n) is 6.46. The van der Waals surface area contributed by atoms with Crippen molar-refractivity contribution in [2.75, 3.05) is 29.9 Å². The molecule has 1 atom stereocenters. The van der Waals surface area contributed by atoms with Gasteiger partial charge in [-0.2, -0.15) is 0 Å². The topological polar surface area (TPSA) is 57.3 Å². The Morgan fingerprint density at radius 2 is 2.44 bits per heavy atom. The third-order valence-corrected chi connectivity index (χ3v) is 3.13. The van der Waals surface area contributed by atoms with Crippen LogP contribution in [0.3, 0.4) is 0 Å². The van der Waals surface area contributed by atoms with E-state index in [9.17, 15) is 4.79 Å². The van der Waals surface area contributed by atoms with Gasteiger partial charge in [-0.05, 0) is 19.4 Å². The fourth-order valence-corrected chi connectivity index (χ4v) is 2.08. The predicted molar refractivity (Wildman–Crippen MR) is 72.8 cm³/mol. The van der Waals surface area contributed by atoms with Crippen LogP contribution in [0.25, 0.3) is 0 Å². The minimum absolute atomic E-state index is 0.0844. The molecule has 1 saturated heterocycles. The molecule has 0 spiro atoms. The van der Waals surface area contributed by atoms with Crippen LogP contribution in [0, 0.1) is 0 Å². The number of nitrogens with one attached hydrogen (secondary N) is 2. The molecular weight excluding hydrogens is 228 g/mol. The van der Waals surface area contributed by atoms with Gasteiger partial charge in [0, 0.05) is 37.6 Å². The fourth-order valence-electron chi connectivity index (χ4n) is 2.08. The maximum absolute atomic E-state index is 11.7. The highest BCUT2D eigenvalue weighted by molar-refractivity contribution is 5.86. The number of pyridine rings is 1. The van der Waals surface area contributed by atoms with Gasteiger partial charge in [0.2, 0.25) is 5.91 Å². The molecule has 5 heteroatoms. The summed E-state index contributed by atoms with van der Waals surface area (Å²) >= 11 is 0. The summed E-state index contributed by atoms with van der Waals surface area (Å²) in [6, 6.07) is 3.83. The molecule has 18 heavy (non-hydrogen) atoms. The third-order valence-electron chi connectivity index (χ3n) is 3.13. The van der Waals surface area contributed by atoms with Gasteiger partial charge in [0.15, 0.2) is 0 Å². The van der Waals surface area contributed by atoms with Crippen molar-refractivity contribution in [3.63, 3.8) is 0 Å². The van der Waals surface area contributed by atoms with Gasteiger partial charge in [0.25, 0.3) is 0 Å². The number of piperazine rings is 1. The number of aromatic nitrogens is 1. The first kappa shape index (κ1) is 12.7. The Labute approximate surface area is 108 Å². The highest BCUT2D eigenvalue weighted by Crippen LogP contribution is 2.20. The zero-order valence-electron chi connectivity index (χ0n) is 10.9. The second-order valence-electron chi connectivity index (χ2n) is 4.49. The Balaban J connectivity index is 2.14. The number of nitrogens with zero attached hydrogens (tertiary/aromatic N) is 2. The van der Waals surface area contributed by atoms with E-state index in [4.69, 9.17) is 0 Å². The van der Waals surface area contributed by atoms with Crippen LogP contribution in [0.5, 0.6) is 0 Å². The molecule has 0 aromatic carbocycles. The van der Waals surface area contributed by atoms with Crippen molar-refractivity contribution in [3.05, 3.63) is 18.3 Å². The van der Waals surface area contributed by atoms with Crippen molar-refractivity contribution in [3.8, 4) is 0 Å². The number of rotatable bonds is 4. The lowest BCUT2D eigenvalue weighted by atomic mass is 10.2. The summed E-state index contributed by atoms with van der Waals surface area (Å²) in [5, 5.41) is 6.13. The molecule has 1 aromatic heterocycles. The van der Waals surface area contributed by atoms with E-state index in [2.05, 4.69) is 27.4 Å². The molecule has 0 radical (unpaired) electrons. The van der Waals surface area contributed by atoms with Gasteiger partial charge in [-0.3, -0.25) is 4.79 Å². The zero-order chi connectivity index (χ0) is 13.0. The van der Waals surface area contributed by atoms with Gasteiger partial charge in [-0.25, -0.2) is 4.98 Å². The van der Waals surface area contributed by atoms with Crippen molar-refractivity contribution < 1.29 is 4.79 Å². The van der Waals surface area contributed by atoms with Gasteiger partial charge in [0.05, 0.1) is 0 Å². The number of amides is 1. The highest BCUT2D eigenvalue weighted by atomic mass is 16.2. The molecule has 0 aliphatic carbocycles. The normalized spacial score (nSPS) is 19.6. The SMILES string of the molecule is CCCNc1cc(N2CCNC(=O)C2C)ccn1. The van der Waals surface area contributed by atoms with Crippen LogP contribution in [0.2, 0.25) is 0 Å². The van der Waals surface area contributed by atoms with Crippen LogP contribution in [0.15, 0.2) is 18.3 Å². The Morgan fingerprint density at radius 3 is 3.22 bits per heavy atom. The Kier molecular flexibility index (Phi) is 4.02. The van der Waals surface area contributed by atoms with Gasteiger partial charge >= 0.3 is 0 Å². The number of carbonyl (C=O) groups is 1. The Morgan fingerprint density at radius 1 is 1.61 bits per heavy atom.